The molecule has 4 nitrogen and oxygen atoms in total. The van der Waals surface area contributed by atoms with Crippen LogP contribution < -0.4 is 10.2 Å². The first-order valence-electron chi connectivity index (χ1n) is 8.14. The van der Waals surface area contributed by atoms with E-state index in [0.29, 0.717) is 12.3 Å². The summed E-state index contributed by atoms with van der Waals surface area (Å²) in [5.74, 6) is 0.894. The molecule has 1 N–H and O–H groups in total. The van der Waals surface area contributed by atoms with Gasteiger partial charge in [-0.3, -0.25) is 4.79 Å². The largest absolute Gasteiger partial charge is 0.378 e. The van der Waals surface area contributed by atoms with Crippen LogP contribution in [0.4, 0.5) is 11.4 Å². The Morgan fingerprint density at radius 3 is 2.68 bits per heavy atom. The standard InChI is InChI=1S/C18H24N2O2/c1-14-2-7-18(21)15(12-14)13-19-16-3-5-17(6-4-16)20-8-10-22-11-9-20/h3-6,13-14,19H,2,7-12H2,1H3/b15-13+/t14-/m1/s1. The van der Waals surface area contributed by atoms with Gasteiger partial charge in [0.2, 0.25) is 0 Å². The molecule has 1 heterocycles. The number of carbonyl (C=O) groups excluding carboxylic acids is 1. The zero-order chi connectivity index (χ0) is 15.4. The molecule has 0 spiro atoms. The Morgan fingerprint density at radius 2 is 1.95 bits per heavy atom. The minimum atomic E-state index is 0.288. The number of rotatable bonds is 3. The summed E-state index contributed by atoms with van der Waals surface area (Å²) in [5.41, 5.74) is 3.18. The van der Waals surface area contributed by atoms with Gasteiger partial charge in [-0.05, 0) is 43.0 Å². The van der Waals surface area contributed by atoms with E-state index in [4.69, 9.17) is 4.74 Å². The summed E-state index contributed by atoms with van der Waals surface area (Å²) in [5, 5.41) is 3.27. The Morgan fingerprint density at radius 1 is 1.23 bits per heavy atom. The summed E-state index contributed by atoms with van der Waals surface area (Å²) in [6, 6.07) is 8.38. The van der Waals surface area contributed by atoms with Gasteiger partial charge in [-0.2, -0.15) is 0 Å². The van der Waals surface area contributed by atoms with Crippen molar-refractivity contribution in [2.24, 2.45) is 5.92 Å². The first kappa shape index (κ1) is 15.1. The number of anilines is 2. The van der Waals surface area contributed by atoms with Crippen molar-refractivity contribution >= 4 is 17.2 Å². The van der Waals surface area contributed by atoms with E-state index in [9.17, 15) is 4.79 Å². The predicted octanol–water partition coefficient (Wildman–Crippen LogP) is 3.21. The van der Waals surface area contributed by atoms with Crippen molar-refractivity contribution in [1.82, 2.24) is 0 Å². The van der Waals surface area contributed by atoms with Gasteiger partial charge in [-0.25, -0.2) is 0 Å². The van der Waals surface area contributed by atoms with E-state index >= 15 is 0 Å². The van der Waals surface area contributed by atoms with E-state index < -0.39 is 0 Å². The van der Waals surface area contributed by atoms with Crippen molar-refractivity contribution in [3.05, 3.63) is 36.0 Å². The second-order valence-electron chi connectivity index (χ2n) is 6.23. The minimum Gasteiger partial charge on any atom is -0.378 e. The number of nitrogens with one attached hydrogen (secondary N) is 1. The summed E-state index contributed by atoms with van der Waals surface area (Å²) in [7, 11) is 0. The second kappa shape index (κ2) is 6.97. The molecule has 3 rings (SSSR count). The Balaban J connectivity index is 1.62. The number of carbonyl (C=O) groups is 1. The molecule has 22 heavy (non-hydrogen) atoms. The molecule has 4 heteroatoms. The SMILES string of the molecule is C[C@@H]1CCC(=O)/C(=C/Nc2ccc(N3CCOCC3)cc2)C1. The first-order chi connectivity index (χ1) is 10.7. The highest BCUT2D eigenvalue weighted by Crippen LogP contribution is 2.26. The summed E-state index contributed by atoms with van der Waals surface area (Å²) in [6.45, 7) is 5.70. The van der Waals surface area contributed by atoms with Crippen LogP contribution in [0.3, 0.4) is 0 Å². The van der Waals surface area contributed by atoms with Crippen molar-refractivity contribution in [2.75, 3.05) is 36.5 Å². The number of ether oxygens (including phenoxy) is 1. The Labute approximate surface area is 132 Å². The lowest BCUT2D eigenvalue weighted by Crippen LogP contribution is -2.36. The van der Waals surface area contributed by atoms with Crippen LogP contribution in [0.2, 0.25) is 0 Å². The van der Waals surface area contributed by atoms with E-state index in [1.54, 1.807) is 0 Å². The number of Topliss-reactive ketones (excluding diaryl/α,β-unsaturated/α-hetero) is 1. The van der Waals surface area contributed by atoms with Gasteiger partial charge in [0.25, 0.3) is 0 Å². The van der Waals surface area contributed by atoms with Crippen LogP contribution in [0.25, 0.3) is 0 Å². The zero-order valence-corrected chi connectivity index (χ0v) is 13.2. The molecular formula is C18H24N2O2. The van der Waals surface area contributed by atoms with E-state index in [-0.39, 0.29) is 5.78 Å². The molecule has 0 radical (unpaired) electrons. The van der Waals surface area contributed by atoms with Crippen LogP contribution in [-0.2, 0) is 9.53 Å². The molecule has 0 bridgehead atoms. The molecule has 118 valence electrons. The molecule has 1 aromatic carbocycles. The maximum atomic E-state index is 11.9. The van der Waals surface area contributed by atoms with Crippen LogP contribution in [0.5, 0.6) is 0 Å². The first-order valence-corrected chi connectivity index (χ1v) is 8.14. The lowest BCUT2D eigenvalue weighted by Gasteiger charge is -2.28. The van der Waals surface area contributed by atoms with Crippen LogP contribution in [0, 0.1) is 5.92 Å². The van der Waals surface area contributed by atoms with Gasteiger partial charge in [0.1, 0.15) is 0 Å². The van der Waals surface area contributed by atoms with Crippen molar-refractivity contribution in [3.63, 3.8) is 0 Å². The van der Waals surface area contributed by atoms with Crippen molar-refractivity contribution in [2.45, 2.75) is 26.2 Å². The van der Waals surface area contributed by atoms with Crippen LogP contribution in [-0.4, -0.2) is 32.1 Å². The fourth-order valence-electron chi connectivity index (χ4n) is 3.03. The second-order valence-corrected chi connectivity index (χ2v) is 6.23. The van der Waals surface area contributed by atoms with Crippen LogP contribution in [0.1, 0.15) is 26.2 Å². The number of hydrogen-bond donors (Lipinski definition) is 1. The highest BCUT2D eigenvalue weighted by molar-refractivity contribution is 5.96. The predicted molar refractivity (Wildman–Crippen MR) is 89.2 cm³/mol. The molecule has 1 aliphatic heterocycles. The Hall–Kier alpha value is -1.81. The third kappa shape index (κ3) is 3.69. The fourth-order valence-corrected chi connectivity index (χ4v) is 3.03. The highest BCUT2D eigenvalue weighted by Gasteiger charge is 2.20. The van der Waals surface area contributed by atoms with Gasteiger partial charge in [0.05, 0.1) is 13.2 Å². The van der Waals surface area contributed by atoms with E-state index in [2.05, 4.69) is 41.4 Å². The van der Waals surface area contributed by atoms with Gasteiger partial charge < -0.3 is 15.0 Å². The molecule has 1 saturated carbocycles. The molecule has 2 fully saturated rings. The number of ketones is 1. The van der Waals surface area contributed by atoms with Crippen molar-refractivity contribution in [3.8, 4) is 0 Å². The Kier molecular flexibility index (Phi) is 4.78. The van der Waals surface area contributed by atoms with Crippen LogP contribution >= 0.6 is 0 Å². The quantitative estimate of drug-likeness (QED) is 0.870. The van der Waals surface area contributed by atoms with Crippen molar-refractivity contribution < 1.29 is 9.53 Å². The number of morpholine rings is 1. The smallest absolute Gasteiger partial charge is 0.160 e. The summed E-state index contributed by atoms with van der Waals surface area (Å²) >= 11 is 0. The van der Waals surface area contributed by atoms with Gasteiger partial charge in [-0.1, -0.05) is 6.92 Å². The molecule has 0 amide bonds. The zero-order valence-electron chi connectivity index (χ0n) is 13.2. The Bertz CT molecular complexity index is 545. The monoisotopic (exact) mass is 300 g/mol. The number of allylic oxidation sites excluding steroid dienone is 1. The van der Waals surface area contributed by atoms with Gasteiger partial charge in [-0.15, -0.1) is 0 Å². The summed E-state index contributed by atoms with van der Waals surface area (Å²) < 4.78 is 5.38. The normalized spacial score (nSPS) is 24.6. The molecule has 0 aromatic heterocycles. The van der Waals surface area contributed by atoms with E-state index in [0.717, 1.165) is 50.4 Å². The maximum absolute atomic E-state index is 11.9. The minimum absolute atomic E-state index is 0.288. The lowest BCUT2D eigenvalue weighted by atomic mass is 9.86. The molecule has 1 aliphatic carbocycles. The number of benzene rings is 1. The number of nitrogens with zero attached hydrogens (tertiary/aromatic N) is 1. The molecular weight excluding hydrogens is 276 g/mol. The van der Waals surface area contributed by atoms with E-state index in [1.807, 2.05) is 6.20 Å². The van der Waals surface area contributed by atoms with Gasteiger partial charge >= 0.3 is 0 Å². The average molecular weight is 300 g/mol. The topological polar surface area (TPSA) is 41.6 Å². The van der Waals surface area contributed by atoms with Crippen LogP contribution in [0.15, 0.2) is 36.0 Å². The molecule has 1 aromatic rings. The molecule has 0 unspecified atom stereocenters. The molecule has 1 saturated heterocycles. The fraction of sp³-hybridized carbons (Fsp3) is 0.500. The molecule has 1 atom stereocenters. The summed E-state index contributed by atoms with van der Waals surface area (Å²) in [4.78, 5) is 14.2. The maximum Gasteiger partial charge on any atom is 0.160 e. The molecule has 2 aliphatic rings. The van der Waals surface area contributed by atoms with E-state index in [1.165, 1.54) is 5.69 Å². The third-order valence-electron chi connectivity index (χ3n) is 4.45. The average Bonchev–Trinajstić information content (AvgIpc) is 2.57. The highest BCUT2D eigenvalue weighted by atomic mass is 16.5. The van der Waals surface area contributed by atoms with Crippen molar-refractivity contribution in [1.29, 1.82) is 0 Å². The lowest BCUT2D eigenvalue weighted by molar-refractivity contribution is -0.116. The van der Waals surface area contributed by atoms with Gasteiger partial charge in [0.15, 0.2) is 5.78 Å². The number of hydrogen-bond acceptors (Lipinski definition) is 4. The summed E-state index contributed by atoms with van der Waals surface area (Å²) in [6.07, 6.45) is 4.48. The van der Waals surface area contributed by atoms with Gasteiger partial charge in [0, 0.05) is 42.7 Å². The third-order valence-corrected chi connectivity index (χ3v) is 4.45.